The second-order valence-electron chi connectivity index (χ2n) is 6.93. The average Bonchev–Trinajstić information content (AvgIpc) is 2.73. The minimum atomic E-state index is -1.15. The lowest BCUT2D eigenvalue weighted by atomic mass is 9.79. The summed E-state index contributed by atoms with van der Waals surface area (Å²) in [6.07, 6.45) is 2.91. The molecule has 1 aliphatic rings. The maximum absolute atomic E-state index is 12.6. The van der Waals surface area contributed by atoms with Gasteiger partial charge >= 0.3 is 0 Å². The van der Waals surface area contributed by atoms with Gasteiger partial charge < -0.3 is 19.9 Å². The van der Waals surface area contributed by atoms with E-state index in [4.69, 9.17) is 9.47 Å². The third-order valence-electron chi connectivity index (χ3n) is 5.29. The fourth-order valence-corrected chi connectivity index (χ4v) is 3.83. The summed E-state index contributed by atoms with van der Waals surface area (Å²) in [5.74, 6) is 1.22. The van der Waals surface area contributed by atoms with Crippen molar-refractivity contribution in [2.75, 3.05) is 14.2 Å². The summed E-state index contributed by atoms with van der Waals surface area (Å²) in [6.45, 7) is 0. The van der Waals surface area contributed by atoms with Gasteiger partial charge in [0.15, 0.2) is 17.6 Å². The van der Waals surface area contributed by atoms with E-state index in [1.807, 2.05) is 36.4 Å². The van der Waals surface area contributed by atoms with Crippen molar-refractivity contribution in [1.82, 2.24) is 5.32 Å². The Balaban J connectivity index is 1.76. The van der Waals surface area contributed by atoms with Crippen LogP contribution in [-0.4, -0.2) is 31.3 Å². The lowest BCUT2D eigenvalue weighted by molar-refractivity contribution is -0.130. The molecule has 2 aromatic rings. The first-order valence-electron chi connectivity index (χ1n) is 9.39. The summed E-state index contributed by atoms with van der Waals surface area (Å²) in [4.78, 5) is 12.6. The van der Waals surface area contributed by atoms with Crippen molar-refractivity contribution >= 4 is 5.91 Å². The number of ether oxygens (including phenoxy) is 2. The van der Waals surface area contributed by atoms with E-state index < -0.39 is 6.10 Å². The summed E-state index contributed by atoms with van der Waals surface area (Å²) in [7, 11) is 3.24. The van der Waals surface area contributed by atoms with E-state index in [0.29, 0.717) is 17.1 Å². The Bertz CT molecular complexity index is 762. The highest BCUT2D eigenvalue weighted by atomic mass is 16.5. The summed E-state index contributed by atoms with van der Waals surface area (Å²) in [6, 6.07) is 14.9. The zero-order valence-corrected chi connectivity index (χ0v) is 15.9. The highest BCUT2D eigenvalue weighted by molar-refractivity contribution is 5.82. The number of hydrogen-bond acceptors (Lipinski definition) is 4. The van der Waals surface area contributed by atoms with E-state index in [-0.39, 0.29) is 17.9 Å². The van der Waals surface area contributed by atoms with Crippen LogP contribution in [0.1, 0.15) is 48.8 Å². The Morgan fingerprint density at radius 1 is 1.04 bits per heavy atom. The molecule has 1 saturated carbocycles. The van der Waals surface area contributed by atoms with Gasteiger partial charge in [0.25, 0.3) is 5.91 Å². The zero-order chi connectivity index (χ0) is 19.2. The fourth-order valence-electron chi connectivity index (χ4n) is 3.83. The van der Waals surface area contributed by atoms with E-state index in [0.717, 1.165) is 31.2 Å². The van der Waals surface area contributed by atoms with Crippen molar-refractivity contribution in [3.05, 3.63) is 59.7 Å². The molecule has 5 nitrogen and oxygen atoms in total. The summed E-state index contributed by atoms with van der Waals surface area (Å²) < 4.78 is 10.8. The molecule has 27 heavy (non-hydrogen) atoms. The van der Waals surface area contributed by atoms with Crippen LogP contribution < -0.4 is 14.8 Å². The monoisotopic (exact) mass is 369 g/mol. The second-order valence-corrected chi connectivity index (χ2v) is 6.93. The Labute approximate surface area is 160 Å². The molecule has 144 valence electrons. The molecule has 5 heteroatoms. The standard InChI is InChI=1S/C22H27NO4/c1-26-19-13-12-16(14-20(19)27-2)17-10-6-7-11-18(17)23-22(25)21(24)15-8-4-3-5-9-15/h3-5,8-9,12-14,17-18,21,24H,6-7,10-11H2,1-2H3,(H,23,25). The van der Waals surface area contributed by atoms with Gasteiger partial charge in [0.2, 0.25) is 0 Å². The molecule has 1 aliphatic carbocycles. The Morgan fingerprint density at radius 3 is 2.44 bits per heavy atom. The molecule has 0 saturated heterocycles. The molecule has 2 aromatic carbocycles. The lowest BCUT2D eigenvalue weighted by Gasteiger charge is -2.33. The molecule has 0 heterocycles. The van der Waals surface area contributed by atoms with Gasteiger partial charge in [-0.3, -0.25) is 4.79 Å². The first kappa shape index (κ1) is 19.2. The van der Waals surface area contributed by atoms with Crippen molar-refractivity contribution < 1.29 is 19.4 Å². The van der Waals surface area contributed by atoms with Gasteiger partial charge in [0, 0.05) is 12.0 Å². The number of methoxy groups -OCH3 is 2. The van der Waals surface area contributed by atoms with Crippen LogP contribution in [0.2, 0.25) is 0 Å². The Morgan fingerprint density at radius 2 is 1.74 bits per heavy atom. The highest BCUT2D eigenvalue weighted by Crippen LogP contribution is 2.37. The van der Waals surface area contributed by atoms with Crippen LogP contribution in [0, 0.1) is 0 Å². The molecule has 0 bridgehead atoms. The van der Waals surface area contributed by atoms with Crippen molar-refractivity contribution in [3.63, 3.8) is 0 Å². The molecular formula is C22H27NO4. The SMILES string of the molecule is COc1ccc(C2CCCCC2NC(=O)C(O)c2ccccc2)cc1OC. The second kappa shape index (κ2) is 8.91. The van der Waals surface area contributed by atoms with Gasteiger partial charge in [-0.25, -0.2) is 0 Å². The molecule has 0 aromatic heterocycles. The smallest absolute Gasteiger partial charge is 0.253 e. The van der Waals surface area contributed by atoms with E-state index in [2.05, 4.69) is 5.32 Å². The van der Waals surface area contributed by atoms with Crippen LogP contribution in [-0.2, 0) is 4.79 Å². The molecule has 0 spiro atoms. The van der Waals surface area contributed by atoms with Gasteiger partial charge in [-0.05, 0) is 36.1 Å². The Hall–Kier alpha value is -2.53. The normalized spacial score (nSPS) is 20.6. The van der Waals surface area contributed by atoms with Gasteiger partial charge in [0.1, 0.15) is 0 Å². The molecule has 0 radical (unpaired) electrons. The van der Waals surface area contributed by atoms with E-state index in [1.165, 1.54) is 0 Å². The molecule has 1 amide bonds. The first-order chi connectivity index (χ1) is 13.1. The predicted octanol–water partition coefficient (Wildman–Crippen LogP) is 3.58. The van der Waals surface area contributed by atoms with E-state index >= 15 is 0 Å². The molecule has 2 N–H and O–H groups in total. The van der Waals surface area contributed by atoms with Gasteiger partial charge in [-0.15, -0.1) is 0 Å². The summed E-state index contributed by atoms with van der Waals surface area (Å²) >= 11 is 0. The summed E-state index contributed by atoms with van der Waals surface area (Å²) in [5.41, 5.74) is 1.72. The van der Waals surface area contributed by atoms with E-state index in [1.54, 1.807) is 26.4 Å². The van der Waals surface area contributed by atoms with Crippen LogP contribution >= 0.6 is 0 Å². The van der Waals surface area contributed by atoms with Gasteiger partial charge in [0.05, 0.1) is 14.2 Å². The minimum absolute atomic E-state index is 0.0114. The predicted molar refractivity (Wildman–Crippen MR) is 104 cm³/mol. The lowest BCUT2D eigenvalue weighted by Crippen LogP contribution is -2.43. The largest absolute Gasteiger partial charge is 0.493 e. The van der Waals surface area contributed by atoms with Crippen LogP contribution in [0.5, 0.6) is 11.5 Å². The quantitative estimate of drug-likeness (QED) is 0.817. The van der Waals surface area contributed by atoms with Crippen LogP contribution in [0.3, 0.4) is 0 Å². The zero-order valence-electron chi connectivity index (χ0n) is 15.9. The molecule has 0 aliphatic heterocycles. The van der Waals surface area contributed by atoms with Crippen molar-refractivity contribution in [2.45, 2.75) is 43.7 Å². The number of aliphatic hydroxyl groups excluding tert-OH is 1. The third kappa shape index (κ3) is 4.42. The van der Waals surface area contributed by atoms with Gasteiger partial charge in [-0.2, -0.15) is 0 Å². The highest BCUT2D eigenvalue weighted by Gasteiger charge is 2.30. The Kier molecular flexibility index (Phi) is 6.35. The number of hydrogen-bond donors (Lipinski definition) is 2. The van der Waals surface area contributed by atoms with Crippen LogP contribution in [0.25, 0.3) is 0 Å². The minimum Gasteiger partial charge on any atom is -0.493 e. The number of carbonyl (C=O) groups is 1. The number of nitrogens with one attached hydrogen (secondary N) is 1. The maximum atomic E-state index is 12.6. The molecule has 1 fully saturated rings. The maximum Gasteiger partial charge on any atom is 0.253 e. The molecule has 3 atom stereocenters. The summed E-state index contributed by atoms with van der Waals surface area (Å²) in [5, 5.41) is 13.4. The number of amides is 1. The average molecular weight is 369 g/mol. The number of aliphatic hydroxyl groups is 1. The first-order valence-corrected chi connectivity index (χ1v) is 9.39. The van der Waals surface area contributed by atoms with Crippen LogP contribution in [0.4, 0.5) is 0 Å². The topological polar surface area (TPSA) is 67.8 Å². The number of benzene rings is 2. The molecule has 3 unspecified atom stereocenters. The fraction of sp³-hybridized carbons (Fsp3) is 0.409. The van der Waals surface area contributed by atoms with Crippen molar-refractivity contribution in [3.8, 4) is 11.5 Å². The number of rotatable bonds is 6. The van der Waals surface area contributed by atoms with E-state index in [9.17, 15) is 9.90 Å². The molecule has 3 rings (SSSR count). The number of carbonyl (C=O) groups excluding carboxylic acids is 1. The van der Waals surface area contributed by atoms with Gasteiger partial charge in [-0.1, -0.05) is 49.2 Å². The third-order valence-corrected chi connectivity index (χ3v) is 5.29. The van der Waals surface area contributed by atoms with Crippen molar-refractivity contribution in [1.29, 1.82) is 0 Å². The molecular weight excluding hydrogens is 342 g/mol. The van der Waals surface area contributed by atoms with Crippen LogP contribution in [0.15, 0.2) is 48.5 Å². The van der Waals surface area contributed by atoms with Crippen molar-refractivity contribution in [2.24, 2.45) is 0 Å².